The summed E-state index contributed by atoms with van der Waals surface area (Å²) in [6, 6.07) is 3.86. The normalized spacial score (nSPS) is 11.7. The smallest absolute Gasteiger partial charge is 0.324 e. The lowest BCUT2D eigenvalue weighted by Gasteiger charge is -2.09. The largest absolute Gasteiger partial charge is 0.419 e. The number of carbonyl (C=O) groups excluding carboxylic acids is 1. The van der Waals surface area contributed by atoms with Crippen LogP contribution in [0.25, 0.3) is 22.2 Å². The minimum atomic E-state index is -4.82. The van der Waals surface area contributed by atoms with Gasteiger partial charge in [0.1, 0.15) is 5.82 Å². The Morgan fingerprint density at radius 2 is 1.91 bits per heavy atom. The highest BCUT2D eigenvalue weighted by molar-refractivity contribution is 5.93. The van der Waals surface area contributed by atoms with Crippen molar-refractivity contribution in [3.05, 3.63) is 74.6 Å². The first kappa shape index (κ1) is 21.9. The molecule has 0 radical (unpaired) electrons. The molecule has 0 aliphatic heterocycles. The molecule has 0 aliphatic carbocycles. The highest BCUT2D eigenvalue weighted by Crippen LogP contribution is 2.33. The first-order valence-corrected chi connectivity index (χ1v) is 9.33. The maximum atomic E-state index is 13.8. The van der Waals surface area contributed by atoms with E-state index < -0.39 is 34.7 Å². The average Bonchev–Trinajstić information content (AvgIpc) is 3.19. The maximum absolute atomic E-state index is 13.8. The molecule has 170 valence electrons. The van der Waals surface area contributed by atoms with Crippen molar-refractivity contribution in [2.45, 2.75) is 12.6 Å². The molecule has 9 nitrogen and oxygen atoms in total. The molecule has 0 atom stereocenters. The topological polar surface area (TPSA) is 126 Å². The number of aromatic amines is 2. The van der Waals surface area contributed by atoms with Crippen LogP contribution >= 0.6 is 0 Å². The number of halogens is 4. The number of nitrogens with zero attached hydrogens (tertiary/aromatic N) is 3. The van der Waals surface area contributed by atoms with Crippen molar-refractivity contribution in [1.29, 1.82) is 0 Å². The van der Waals surface area contributed by atoms with E-state index in [9.17, 15) is 31.9 Å². The fourth-order valence-corrected chi connectivity index (χ4v) is 3.28. The summed E-state index contributed by atoms with van der Waals surface area (Å²) >= 11 is 0. The highest BCUT2D eigenvalue weighted by Gasteiger charge is 2.34. The molecule has 3 aromatic heterocycles. The Labute approximate surface area is 181 Å². The molecule has 0 spiro atoms. The van der Waals surface area contributed by atoms with Gasteiger partial charge in [0, 0.05) is 18.8 Å². The Morgan fingerprint density at radius 1 is 1.15 bits per heavy atom. The molecule has 4 rings (SSSR count). The van der Waals surface area contributed by atoms with Crippen LogP contribution in [0.2, 0.25) is 0 Å². The summed E-state index contributed by atoms with van der Waals surface area (Å²) < 4.78 is 53.2. The average molecular weight is 462 g/mol. The van der Waals surface area contributed by atoms with E-state index in [1.807, 2.05) is 0 Å². The zero-order chi connectivity index (χ0) is 23.9. The molecule has 4 aromatic rings. The molecule has 3 heterocycles. The SMILES string of the molecule is Cn1c(=O)[nH]c(=O)c2c(CC(=O)Nc3ncc(-c4ccc(C(F)(F)F)c(F)c4)[nH]3)nccc21. The molecule has 3 N–H and O–H groups in total. The third kappa shape index (κ3) is 4.24. The molecule has 1 aromatic carbocycles. The predicted molar refractivity (Wildman–Crippen MR) is 109 cm³/mol. The molecule has 1 amide bonds. The van der Waals surface area contributed by atoms with Crippen LogP contribution < -0.4 is 16.6 Å². The number of imidazole rings is 1. The number of benzene rings is 1. The first-order valence-electron chi connectivity index (χ1n) is 9.33. The number of hydrogen-bond acceptors (Lipinski definition) is 5. The van der Waals surface area contributed by atoms with Crippen LogP contribution in [0.5, 0.6) is 0 Å². The Bertz CT molecular complexity index is 1500. The molecule has 0 aliphatic rings. The number of pyridine rings is 1. The van der Waals surface area contributed by atoms with Gasteiger partial charge in [0.05, 0.1) is 40.5 Å². The summed E-state index contributed by atoms with van der Waals surface area (Å²) in [5.41, 5.74) is -2.01. The van der Waals surface area contributed by atoms with E-state index >= 15 is 0 Å². The van der Waals surface area contributed by atoms with Crippen molar-refractivity contribution in [3.63, 3.8) is 0 Å². The van der Waals surface area contributed by atoms with E-state index in [0.29, 0.717) is 17.6 Å². The van der Waals surface area contributed by atoms with Gasteiger partial charge in [-0.1, -0.05) is 6.07 Å². The van der Waals surface area contributed by atoms with Gasteiger partial charge in [0.25, 0.3) is 5.56 Å². The fraction of sp³-hybridized carbons (Fsp3) is 0.150. The van der Waals surface area contributed by atoms with Gasteiger partial charge in [-0.3, -0.25) is 29.4 Å². The Morgan fingerprint density at radius 3 is 2.61 bits per heavy atom. The van der Waals surface area contributed by atoms with Crippen LogP contribution in [0.1, 0.15) is 11.3 Å². The van der Waals surface area contributed by atoms with Gasteiger partial charge in [0.2, 0.25) is 11.9 Å². The minimum Gasteiger partial charge on any atom is -0.324 e. The summed E-state index contributed by atoms with van der Waals surface area (Å²) in [6.07, 6.45) is -2.58. The number of hydrogen-bond donors (Lipinski definition) is 3. The number of anilines is 1. The van der Waals surface area contributed by atoms with Crippen LogP contribution in [0.15, 0.2) is 46.2 Å². The number of aromatic nitrogens is 5. The van der Waals surface area contributed by atoms with Crippen LogP contribution in [-0.4, -0.2) is 30.4 Å². The second-order valence-corrected chi connectivity index (χ2v) is 7.03. The van der Waals surface area contributed by atoms with Crippen LogP contribution in [0.3, 0.4) is 0 Å². The fourth-order valence-electron chi connectivity index (χ4n) is 3.28. The lowest BCUT2D eigenvalue weighted by atomic mass is 10.1. The molecular weight excluding hydrogens is 448 g/mol. The predicted octanol–water partition coefficient (Wildman–Crippen LogP) is 2.35. The lowest BCUT2D eigenvalue weighted by Crippen LogP contribution is -2.29. The van der Waals surface area contributed by atoms with E-state index in [4.69, 9.17) is 0 Å². The van der Waals surface area contributed by atoms with Crippen molar-refractivity contribution in [2.75, 3.05) is 5.32 Å². The van der Waals surface area contributed by atoms with E-state index in [-0.39, 0.29) is 34.7 Å². The molecular formula is C20H14F4N6O3. The zero-order valence-electron chi connectivity index (χ0n) is 16.7. The molecule has 33 heavy (non-hydrogen) atoms. The number of alkyl halides is 3. The molecule has 0 saturated carbocycles. The Hall–Kier alpha value is -4.29. The monoisotopic (exact) mass is 462 g/mol. The summed E-state index contributed by atoms with van der Waals surface area (Å²) in [4.78, 5) is 49.2. The van der Waals surface area contributed by atoms with E-state index in [1.165, 1.54) is 30.1 Å². The summed E-state index contributed by atoms with van der Waals surface area (Å²) in [5, 5.41) is 2.52. The number of H-pyrrole nitrogens is 2. The van der Waals surface area contributed by atoms with Crippen molar-refractivity contribution in [1.82, 2.24) is 24.5 Å². The van der Waals surface area contributed by atoms with Crippen molar-refractivity contribution >= 4 is 22.8 Å². The third-order valence-corrected chi connectivity index (χ3v) is 4.87. The Balaban J connectivity index is 1.55. The van der Waals surface area contributed by atoms with E-state index in [1.54, 1.807) is 0 Å². The van der Waals surface area contributed by atoms with Gasteiger partial charge in [0.15, 0.2) is 0 Å². The van der Waals surface area contributed by atoms with Gasteiger partial charge in [-0.15, -0.1) is 0 Å². The standard InChI is InChI=1S/C20H14F4N6O3/c1-30-14-4-5-25-12(16(14)17(32)29-19(30)33)7-15(31)28-18-26-8-13(27-18)9-2-3-10(11(21)6-9)20(22,23)24/h2-6,8H,7H2,1H3,(H,29,32,33)(H2,26,27,28,31). The van der Waals surface area contributed by atoms with Crippen LogP contribution in [0.4, 0.5) is 23.5 Å². The number of aryl methyl sites for hydroxylation is 1. The zero-order valence-corrected chi connectivity index (χ0v) is 16.7. The highest BCUT2D eigenvalue weighted by atomic mass is 19.4. The van der Waals surface area contributed by atoms with Gasteiger partial charge >= 0.3 is 11.9 Å². The summed E-state index contributed by atoms with van der Waals surface area (Å²) in [7, 11) is 1.46. The van der Waals surface area contributed by atoms with Crippen molar-refractivity contribution in [3.8, 4) is 11.3 Å². The molecule has 0 fully saturated rings. The number of carbonyl (C=O) groups is 1. The maximum Gasteiger partial charge on any atom is 0.419 e. The second-order valence-electron chi connectivity index (χ2n) is 7.03. The quantitative estimate of drug-likeness (QED) is 0.402. The van der Waals surface area contributed by atoms with E-state index in [2.05, 4.69) is 25.3 Å². The molecule has 13 heteroatoms. The van der Waals surface area contributed by atoms with Crippen molar-refractivity contribution in [2.24, 2.45) is 7.05 Å². The number of amides is 1. The number of nitrogens with one attached hydrogen (secondary N) is 3. The number of rotatable bonds is 4. The van der Waals surface area contributed by atoms with Gasteiger partial charge < -0.3 is 4.98 Å². The second kappa shape index (κ2) is 8.00. The Kier molecular flexibility index (Phi) is 5.31. The van der Waals surface area contributed by atoms with Crippen LogP contribution in [0, 0.1) is 5.82 Å². The summed E-state index contributed by atoms with van der Waals surface area (Å²) in [5.74, 6) is -2.10. The third-order valence-electron chi connectivity index (χ3n) is 4.87. The van der Waals surface area contributed by atoms with E-state index in [0.717, 1.165) is 6.07 Å². The summed E-state index contributed by atoms with van der Waals surface area (Å²) in [6.45, 7) is 0. The molecule has 0 unspecified atom stereocenters. The van der Waals surface area contributed by atoms with Gasteiger partial charge in [-0.25, -0.2) is 14.2 Å². The van der Waals surface area contributed by atoms with Crippen molar-refractivity contribution < 1.29 is 22.4 Å². The number of fused-ring (bicyclic) bond motifs is 1. The molecule has 0 saturated heterocycles. The first-order chi connectivity index (χ1) is 15.5. The minimum absolute atomic E-state index is 0.0446. The van der Waals surface area contributed by atoms with Gasteiger partial charge in [-0.05, 0) is 18.2 Å². The molecule has 0 bridgehead atoms. The van der Waals surface area contributed by atoms with Gasteiger partial charge in [-0.2, -0.15) is 13.2 Å². The lowest BCUT2D eigenvalue weighted by molar-refractivity contribution is -0.140. The van der Waals surface area contributed by atoms with Crippen LogP contribution in [-0.2, 0) is 24.4 Å².